The average Bonchev–Trinajstić information content (AvgIpc) is 3.02. The van der Waals surface area contributed by atoms with Gasteiger partial charge in [-0.15, -0.1) is 0 Å². The van der Waals surface area contributed by atoms with Crippen molar-refractivity contribution in [1.82, 2.24) is 14.9 Å². The monoisotopic (exact) mass is 358 g/mol. The maximum atomic E-state index is 13.3. The fourth-order valence-corrected chi connectivity index (χ4v) is 3.11. The number of halogens is 1. The number of imidazole rings is 1. The minimum Gasteiger partial charge on any atom is -0.351 e. The van der Waals surface area contributed by atoms with Crippen LogP contribution in [0.15, 0.2) is 24.3 Å². The average molecular weight is 358 g/mol. The van der Waals surface area contributed by atoms with Crippen molar-refractivity contribution in [3.63, 3.8) is 0 Å². The summed E-state index contributed by atoms with van der Waals surface area (Å²) < 4.78 is 15.1. The SMILES string of the molecule is CCCCNC(=O)c1nc(C(=O)Nc2cccc(F)c2)n2c1CCCC2. The first-order valence-corrected chi connectivity index (χ1v) is 9.04. The van der Waals surface area contributed by atoms with Crippen LogP contribution in [0.5, 0.6) is 0 Å². The molecule has 6 nitrogen and oxygen atoms in total. The van der Waals surface area contributed by atoms with E-state index in [9.17, 15) is 14.0 Å². The van der Waals surface area contributed by atoms with E-state index in [2.05, 4.69) is 22.5 Å². The third kappa shape index (κ3) is 3.92. The van der Waals surface area contributed by atoms with Crippen LogP contribution in [0.1, 0.15) is 59.4 Å². The minimum absolute atomic E-state index is 0.199. The Kier molecular flexibility index (Phi) is 5.65. The van der Waals surface area contributed by atoms with E-state index in [0.29, 0.717) is 24.5 Å². The Morgan fingerprint density at radius 1 is 1.27 bits per heavy atom. The number of anilines is 1. The zero-order valence-electron chi connectivity index (χ0n) is 14.8. The lowest BCUT2D eigenvalue weighted by atomic mass is 10.1. The van der Waals surface area contributed by atoms with E-state index < -0.39 is 11.7 Å². The quantitative estimate of drug-likeness (QED) is 0.779. The first kappa shape index (κ1) is 18.1. The van der Waals surface area contributed by atoms with Gasteiger partial charge in [0, 0.05) is 18.8 Å². The second kappa shape index (κ2) is 8.12. The van der Waals surface area contributed by atoms with Gasteiger partial charge in [-0.25, -0.2) is 9.37 Å². The third-order valence-electron chi connectivity index (χ3n) is 4.43. The number of carbonyl (C=O) groups excluding carboxylic acids is 2. The maximum absolute atomic E-state index is 13.3. The zero-order chi connectivity index (χ0) is 18.5. The molecule has 0 atom stereocenters. The Labute approximate surface area is 151 Å². The number of hydrogen-bond acceptors (Lipinski definition) is 3. The molecule has 138 valence electrons. The topological polar surface area (TPSA) is 76.0 Å². The molecule has 1 aliphatic heterocycles. The van der Waals surface area contributed by atoms with Gasteiger partial charge in [0.1, 0.15) is 11.5 Å². The van der Waals surface area contributed by atoms with Crippen LogP contribution >= 0.6 is 0 Å². The van der Waals surface area contributed by atoms with Crippen LogP contribution in [0, 0.1) is 5.82 Å². The summed E-state index contributed by atoms with van der Waals surface area (Å²) in [4.78, 5) is 29.4. The molecule has 0 fully saturated rings. The van der Waals surface area contributed by atoms with Crippen molar-refractivity contribution >= 4 is 17.5 Å². The number of rotatable bonds is 6. The van der Waals surface area contributed by atoms with Crippen molar-refractivity contribution in [2.45, 2.75) is 45.6 Å². The normalized spacial score (nSPS) is 13.2. The number of amides is 2. The number of carbonyl (C=O) groups is 2. The molecule has 2 heterocycles. The van der Waals surface area contributed by atoms with Gasteiger partial charge in [0.2, 0.25) is 0 Å². The highest BCUT2D eigenvalue weighted by Gasteiger charge is 2.27. The fourth-order valence-electron chi connectivity index (χ4n) is 3.11. The summed E-state index contributed by atoms with van der Waals surface area (Å²) in [5.41, 5.74) is 1.48. The van der Waals surface area contributed by atoms with E-state index in [1.54, 1.807) is 6.07 Å². The van der Waals surface area contributed by atoms with Crippen molar-refractivity contribution in [3.05, 3.63) is 47.3 Å². The lowest BCUT2D eigenvalue weighted by Crippen LogP contribution is -2.26. The van der Waals surface area contributed by atoms with Gasteiger partial charge in [0.05, 0.1) is 5.69 Å². The van der Waals surface area contributed by atoms with Gasteiger partial charge in [-0.05, 0) is 43.9 Å². The Bertz CT molecular complexity index is 816. The summed E-state index contributed by atoms with van der Waals surface area (Å²) in [6.07, 6.45) is 4.50. The zero-order valence-corrected chi connectivity index (χ0v) is 14.8. The Morgan fingerprint density at radius 2 is 2.12 bits per heavy atom. The molecule has 0 spiro atoms. The van der Waals surface area contributed by atoms with Crippen LogP contribution in [-0.2, 0) is 13.0 Å². The van der Waals surface area contributed by atoms with Crippen LogP contribution < -0.4 is 10.6 Å². The van der Waals surface area contributed by atoms with Crippen molar-refractivity contribution in [2.24, 2.45) is 0 Å². The predicted molar refractivity (Wildman–Crippen MR) is 96.8 cm³/mol. The number of aromatic nitrogens is 2. The molecule has 3 rings (SSSR count). The maximum Gasteiger partial charge on any atom is 0.291 e. The van der Waals surface area contributed by atoms with E-state index in [4.69, 9.17) is 0 Å². The molecule has 1 aromatic carbocycles. The molecule has 0 bridgehead atoms. The third-order valence-corrected chi connectivity index (χ3v) is 4.43. The number of nitrogens with zero attached hydrogens (tertiary/aromatic N) is 2. The molecule has 0 saturated heterocycles. The standard InChI is InChI=1S/C19H23FN4O2/c1-2-3-10-21-18(25)16-15-9-4-5-11-24(15)17(23-16)19(26)22-14-8-6-7-13(20)12-14/h6-8,12H,2-5,9-11H2,1H3,(H,21,25)(H,22,26). The second-order valence-corrected chi connectivity index (χ2v) is 6.41. The van der Waals surface area contributed by atoms with E-state index in [0.717, 1.165) is 37.8 Å². The highest BCUT2D eigenvalue weighted by Crippen LogP contribution is 2.22. The summed E-state index contributed by atoms with van der Waals surface area (Å²) in [6.45, 7) is 3.29. The Balaban J connectivity index is 1.84. The van der Waals surface area contributed by atoms with Crippen LogP contribution in [0.4, 0.5) is 10.1 Å². The van der Waals surface area contributed by atoms with Crippen LogP contribution in [-0.4, -0.2) is 27.9 Å². The summed E-state index contributed by atoms with van der Waals surface area (Å²) in [5.74, 6) is -0.909. The van der Waals surface area contributed by atoms with Gasteiger partial charge in [0.15, 0.2) is 5.82 Å². The molecule has 0 unspecified atom stereocenters. The van der Waals surface area contributed by atoms with Crippen LogP contribution in [0.3, 0.4) is 0 Å². The van der Waals surface area contributed by atoms with Gasteiger partial charge < -0.3 is 15.2 Å². The van der Waals surface area contributed by atoms with Crippen LogP contribution in [0.25, 0.3) is 0 Å². The molecule has 0 saturated carbocycles. The number of nitrogens with one attached hydrogen (secondary N) is 2. The summed E-state index contributed by atoms with van der Waals surface area (Å²) in [5, 5.41) is 5.52. The predicted octanol–water partition coefficient (Wildman–Crippen LogP) is 3.14. The number of fused-ring (bicyclic) bond motifs is 1. The largest absolute Gasteiger partial charge is 0.351 e. The smallest absolute Gasteiger partial charge is 0.291 e. The lowest BCUT2D eigenvalue weighted by Gasteiger charge is -2.17. The first-order chi connectivity index (χ1) is 12.6. The molecule has 1 aromatic heterocycles. The molecular formula is C19H23FN4O2. The highest BCUT2D eigenvalue weighted by molar-refractivity contribution is 6.03. The first-order valence-electron chi connectivity index (χ1n) is 9.04. The van der Waals surface area contributed by atoms with Gasteiger partial charge in [-0.1, -0.05) is 19.4 Å². The molecule has 26 heavy (non-hydrogen) atoms. The molecule has 2 amide bonds. The van der Waals surface area contributed by atoms with Gasteiger partial charge >= 0.3 is 0 Å². The van der Waals surface area contributed by atoms with Gasteiger partial charge in [-0.3, -0.25) is 9.59 Å². The Morgan fingerprint density at radius 3 is 2.88 bits per heavy atom. The molecule has 1 aliphatic rings. The van der Waals surface area contributed by atoms with E-state index in [1.807, 2.05) is 4.57 Å². The van der Waals surface area contributed by atoms with Crippen molar-refractivity contribution in [2.75, 3.05) is 11.9 Å². The summed E-state index contributed by atoms with van der Waals surface area (Å²) in [7, 11) is 0. The van der Waals surface area contributed by atoms with E-state index in [-0.39, 0.29) is 11.7 Å². The number of hydrogen-bond donors (Lipinski definition) is 2. The fraction of sp³-hybridized carbons (Fsp3) is 0.421. The lowest BCUT2D eigenvalue weighted by molar-refractivity contribution is 0.0947. The minimum atomic E-state index is -0.439. The van der Waals surface area contributed by atoms with E-state index >= 15 is 0 Å². The van der Waals surface area contributed by atoms with Crippen molar-refractivity contribution in [1.29, 1.82) is 0 Å². The highest BCUT2D eigenvalue weighted by atomic mass is 19.1. The molecular weight excluding hydrogens is 335 g/mol. The van der Waals surface area contributed by atoms with Gasteiger partial charge in [0.25, 0.3) is 11.8 Å². The molecule has 7 heteroatoms. The van der Waals surface area contributed by atoms with E-state index in [1.165, 1.54) is 18.2 Å². The van der Waals surface area contributed by atoms with Crippen molar-refractivity contribution < 1.29 is 14.0 Å². The van der Waals surface area contributed by atoms with Crippen molar-refractivity contribution in [3.8, 4) is 0 Å². The molecule has 2 N–H and O–H groups in total. The molecule has 0 aliphatic carbocycles. The van der Waals surface area contributed by atoms with Gasteiger partial charge in [-0.2, -0.15) is 0 Å². The molecule has 0 radical (unpaired) electrons. The number of benzene rings is 1. The summed E-state index contributed by atoms with van der Waals surface area (Å²) >= 11 is 0. The second-order valence-electron chi connectivity index (χ2n) is 6.41. The van der Waals surface area contributed by atoms with Crippen LogP contribution in [0.2, 0.25) is 0 Å². The Hall–Kier alpha value is -2.70. The molecule has 2 aromatic rings. The summed E-state index contributed by atoms with van der Waals surface area (Å²) in [6, 6.07) is 5.69. The number of unbranched alkanes of at least 4 members (excludes halogenated alkanes) is 1.